The van der Waals surface area contributed by atoms with Crippen LogP contribution in [0.5, 0.6) is 0 Å². The van der Waals surface area contributed by atoms with Gasteiger partial charge in [-0.1, -0.05) is 20.8 Å². The molecule has 2 aliphatic heterocycles. The van der Waals surface area contributed by atoms with Crippen LogP contribution in [-0.4, -0.2) is 82.7 Å². The predicted molar refractivity (Wildman–Crippen MR) is 123 cm³/mol. The van der Waals surface area contributed by atoms with Gasteiger partial charge in [-0.3, -0.25) is 9.59 Å². The Kier molecular flexibility index (Phi) is 5.82. The Hall–Kier alpha value is -2.50. The van der Waals surface area contributed by atoms with Crippen LogP contribution in [-0.2, 0) is 38.1 Å². The number of rotatable bonds is 4. The molecule has 11 heteroatoms. The molecule has 11 nitrogen and oxygen atoms in total. The molecular weight excluding hydrogens is 488 g/mol. The first-order chi connectivity index (χ1) is 17.3. The number of aliphatic hydroxyl groups is 3. The summed E-state index contributed by atoms with van der Waals surface area (Å²) in [6.07, 6.45) is -5.87. The SMILES string of the molecule is COC(=O)C12OC[C@]34[C@H]([C@@H](O)[C@@H]1O)[C@@]1(C)CC(=O)C(O)=C(C)[C@@H]1C[C@H]3OC(=O)[C@H](OC(=O)CC(C)C)[C@@H]24. The minimum absolute atomic E-state index is 0.00513. The van der Waals surface area contributed by atoms with Crippen LogP contribution in [0.2, 0.25) is 0 Å². The Morgan fingerprint density at radius 1 is 1.19 bits per heavy atom. The lowest BCUT2D eigenvalue weighted by Crippen LogP contribution is -2.79. The van der Waals surface area contributed by atoms with E-state index in [1.807, 2.05) is 13.8 Å². The second-order valence-corrected chi connectivity index (χ2v) is 11.9. The van der Waals surface area contributed by atoms with Gasteiger partial charge < -0.3 is 34.3 Å². The van der Waals surface area contributed by atoms with E-state index in [1.165, 1.54) is 0 Å². The third kappa shape index (κ3) is 3.10. The molecule has 1 unspecified atom stereocenters. The number of hydrogen-bond acceptors (Lipinski definition) is 11. The maximum Gasteiger partial charge on any atom is 0.348 e. The fraction of sp³-hybridized carbons (Fsp3) is 0.769. The summed E-state index contributed by atoms with van der Waals surface area (Å²) in [4.78, 5) is 52.3. The summed E-state index contributed by atoms with van der Waals surface area (Å²) in [5, 5.41) is 33.6. The monoisotopic (exact) mass is 522 g/mol. The molecule has 3 N–H and O–H groups in total. The van der Waals surface area contributed by atoms with Crippen LogP contribution >= 0.6 is 0 Å². The second kappa shape index (κ2) is 8.25. The highest BCUT2D eigenvalue weighted by molar-refractivity contribution is 5.95. The maximum absolute atomic E-state index is 13.4. The molecule has 2 bridgehead atoms. The first kappa shape index (κ1) is 26.1. The van der Waals surface area contributed by atoms with Crippen molar-refractivity contribution in [3.63, 3.8) is 0 Å². The van der Waals surface area contributed by atoms with Crippen LogP contribution in [0, 0.1) is 34.5 Å². The molecule has 2 saturated carbocycles. The number of allylic oxidation sites excluding steroid dienone is 2. The fourth-order valence-corrected chi connectivity index (χ4v) is 8.38. The maximum atomic E-state index is 13.4. The summed E-state index contributed by atoms with van der Waals surface area (Å²) < 4.78 is 22.6. The summed E-state index contributed by atoms with van der Waals surface area (Å²) >= 11 is 0. The number of carbonyl (C=O) groups excluding carboxylic acids is 4. The number of esters is 3. The molecular formula is C26H34O11. The van der Waals surface area contributed by atoms with Gasteiger partial charge in [0.25, 0.3) is 0 Å². The van der Waals surface area contributed by atoms with Gasteiger partial charge in [0.15, 0.2) is 11.5 Å². The van der Waals surface area contributed by atoms with Crippen molar-refractivity contribution in [2.75, 3.05) is 13.7 Å². The number of Topliss-reactive ketones (excluding diaryl/α,β-unsaturated/α-hetero) is 1. The largest absolute Gasteiger partial charge is 0.504 e. The smallest absolute Gasteiger partial charge is 0.348 e. The van der Waals surface area contributed by atoms with Gasteiger partial charge in [-0.15, -0.1) is 0 Å². The molecule has 1 spiro atoms. The lowest BCUT2D eigenvalue weighted by Gasteiger charge is -2.67. The normalized spacial score (nSPS) is 46.2. The molecule has 5 rings (SSSR count). The van der Waals surface area contributed by atoms with Gasteiger partial charge in [-0.2, -0.15) is 0 Å². The Labute approximate surface area is 214 Å². The molecule has 2 saturated heterocycles. The highest BCUT2D eigenvalue weighted by Gasteiger charge is 2.85. The molecule has 2 heterocycles. The van der Waals surface area contributed by atoms with Gasteiger partial charge in [0.1, 0.15) is 12.2 Å². The number of hydrogen-bond donors (Lipinski definition) is 3. The molecule has 0 aromatic carbocycles. The Morgan fingerprint density at radius 3 is 2.49 bits per heavy atom. The van der Waals surface area contributed by atoms with Crippen molar-refractivity contribution in [3.05, 3.63) is 11.3 Å². The van der Waals surface area contributed by atoms with E-state index in [0.29, 0.717) is 5.57 Å². The fourth-order valence-electron chi connectivity index (χ4n) is 8.38. The van der Waals surface area contributed by atoms with Crippen LogP contribution in [0.3, 0.4) is 0 Å². The molecule has 37 heavy (non-hydrogen) atoms. The Balaban J connectivity index is 1.72. The van der Waals surface area contributed by atoms with Gasteiger partial charge in [0.2, 0.25) is 11.7 Å². The summed E-state index contributed by atoms with van der Waals surface area (Å²) in [5.41, 5.74) is -4.05. The number of methoxy groups -OCH3 is 1. The molecule has 3 aliphatic carbocycles. The zero-order valence-electron chi connectivity index (χ0n) is 21.6. The van der Waals surface area contributed by atoms with Crippen LogP contribution in [0.15, 0.2) is 11.3 Å². The van der Waals surface area contributed by atoms with Gasteiger partial charge in [0.05, 0.1) is 25.7 Å². The van der Waals surface area contributed by atoms with E-state index in [0.717, 1.165) is 7.11 Å². The van der Waals surface area contributed by atoms with Crippen molar-refractivity contribution >= 4 is 23.7 Å². The molecule has 204 valence electrons. The van der Waals surface area contributed by atoms with Gasteiger partial charge >= 0.3 is 17.9 Å². The molecule has 0 amide bonds. The van der Waals surface area contributed by atoms with Crippen molar-refractivity contribution in [2.45, 2.75) is 77.0 Å². The molecule has 0 aromatic rings. The zero-order chi connectivity index (χ0) is 27.2. The van der Waals surface area contributed by atoms with Gasteiger partial charge in [0, 0.05) is 24.2 Å². The summed E-state index contributed by atoms with van der Waals surface area (Å²) in [5.74, 6) is -6.09. The quantitative estimate of drug-likeness (QED) is 0.349. The number of ketones is 1. The predicted octanol–water partition coefficient (Wildman–Crippen LogP) is 0.597. The topological polar surface area (TPSA) is 166 Å². The minimum Gasteiger partial charge on any atom is -0.504 e. The van der Waals surface area contributed by atoms with Crippen LogP contribution in [0.4, 0.5) is 0 Å². The molecule has 0 radical (unpaired) electrons. The average Bonchev–Trinajstić information content (AvgIpc) is 3.12. The molecule has 4 fully saturated rings. The van der Waals surface area contributed by atoms with E-state index in [2.05, 4.69) is 0 Å². The third-order valence-electron chi connectivity index (χ3n) is 9.67. The summed E-state index contributed by atoms with van der Waals surface area (Å²) in [6.45, 7) is 6.84. The summed E-state index contributed by atoms with van der Waals surface area (Å²) in [6, 6.07) is 0. The van der Waals surface area contributed by atoms with E-state index < -0.39 is 82.3 Å². The van der Waals surface area contributed by atoms with E-state index >= 15 is 0 Å². The first-order valence-corrected chi connectivity index (χ1v) is 12.7. The first-order valence-electron chi connectivity index (χ1n) is 12.7. The summed E-state index contributed by atoms with van der Waals surface area (Å²) in [7, 11) is 1.10. The van der Waals surface area contributed by atoms with Gasteiger partial charge in [-0.05, 0) is 36.2 Å². The molecule has 0 aromatic heterocycles. The van der Waals surface area contributed by atoms with E-state index in [9.17, 15) is 34.5 Å². The lowest BCUT2D eigenvalue weighted by atomic mass is 9.38. The molecule has 5 aliphatic rings. The number of carbonyl (C=O) groups is 4. The van der Waals surface area contributed by atoms with Gasteiger partial charge in [-0.25, -0.2) is 9.59 Å². The van der Waals surface area contributed by atoms with Crippen molar-refractivity contribution in [1.82, 2.24) is 0 Å². The third-order valence-corrected chi connectivity index (χ3v) is 9.67. The Morgan fingerprint density at radius 2 is 1.86 bits per heavy atom. The van der Waals surface area contributed by atoms with E-state index in [-0.39, 0.29) is 37.5 Å². The standard InChI is InChI=1S/C26H34O11/c1-10(2)6-15(28)37-18-20-25-9-35-26(20,23(33)34-5)21(31)17(30)19(25)24(4)8-13(27)16(29)11(3)12(24)7-14(25)36-22(18)32/h10,12,14,17-21,29-31H,6-9H2,1-5H3/t12-,14+,17+,18+,19+,20+,21-,24-,25+,26?/m0/s1. The minimum atomic E-state index is -2.19. The molecule has 10 atom stereocenters. The number of aliphatic hydroxyl groups excluding tert-OH is 3. The van der Waals surface area contributed by atoms with Crippen LogP contribution in [0.1, 0.15) is 47.0 Å². The highest BCUT2D eigenvalue weighted by Crippen LogP contribution is 2.72. The zero-order valence-corrected chi connectivity index (χ0v) is 21.6. The van der Waals surface area contributed by atoms with Crippen molar-refractivity contribution in [1.29, 1.82) is 0 Å². The highest BCUT2D eigenvalue weighted by atomic mass is 16.6. The van der Waals surface area contributed by atoms with Crippen LogP contribution in [0.25, 0.3) is 0 Å². The van der Waals surface area contributed by atoms with Crippen molar-refractivity contribution in [3.8, 4) is 0 Å². The lowest BCUT2D eigenvalue weighted by molar-refractivity contribution is -0.290. The Bertz CT molecular complexity index is 1100. The number of fused-ring (bicyclic) bond motifs is 2. The van der Waals surface area contributed by atoms with E-state index in [1.54, 1.807) is 13.8 Å². The van der Waals surface area contributed by atoms with Crippen molar-refractivity contribution in [2.24, 2.45) is 34.5 Å². The number of ether oxygens (including phenoxy) is 4. The second-order valence-electron chi connectivity index (χ2n) is 11.9. The van der Waals surface area contributed by atoms with Crippen molar-refractivity contribution < 1.29 is 53.4 Å². The van der Waals surface area contributed by atoms with Crippen LogP contribution < -0.4 is 0 Å². The van der Waals surface area contributed by atoms with E-state index in [4.69, 9.17) is 18.9 Å². The average molecular weight is 523 g/mol.